The fraction of sp³-hybridized carbons (Fsp3) is 0.360. The first-order valence-electron chi connectivity index (χ1n) is 9.49. The molecule has 130 valence electrons. The van der Waals surface area contributed by atoms with Crippen LogP contribution in [0, 0.1) is 17.3 Å². The predicted octanol–water partition coefficient (Wildman–Crippen LogP) is 7.14. The van der Waals surface area contributed by atoms with Gasteiger partial charge < -0.3 is 0 Å². The van der Waals surface area contributed by atoms with Crippen molar-refractivity contribution in [2.45, 2.75) is 40.5 Å². The van der Waals surface area contributed by atoms with E-state index in [-0.39, 0.29) is 0 Å². The first-order chi connectivity index (χ1) is 12.0. The summed E-state index contributed by atoms with van der Waals surface area (Å²) >= 11 is 0. The van der Waals surface area contributed by atoms with Gasteiger partial charge in [0.05, 0.1) is 0 Å². The molecule has 0 aliphatic heterocycles. The Balaban J connectivity index is 1.97. The molecule has 1 fully saturated rings. The van der Waals surface area contributed by atoms with Crippen LogP contribution in [0.1, 0.15) is 51.7 Å². The lowest BCUT2D eigenvalue weighted by Gasteiger charge is -2.32. The van der Waals surface area contributed by atoms with Crippen molar-refractivity contribution in [3.63, 3.8) is 0 Å². The highest BCUT2D eigenvalue weighted by Gasteiger charge is 2.40. The molecule has 0 amide bonds. The van der Waals surface area contributed by atoms with Crippen LogP contribution in [0.25, 0.3) is 5.57 Å². The second-order valence-corrected chi connectivity index (χ2v) is 8.08. The zero-order valence-corrected chi connectivity index (χ0v) is 16.0. The van der Waals surface area contributed by atoms with Crippen molar-refractivity contribution in [3.8, 4) is 0 Å². The number of rotatable bonds is 4. The third-order valence-electron chi connectivity index (χ3n) is 6.29. The van der Waals surface area contributed by atoms with Crippen LogP contribution in [-0.2, 0) is 0 Å². The zero-order chi connectivity index (χ0) is 17.9. The lowest BCUT2D eigenvalue weighted by atomic mass is 9.73. The molecular weight excluding hydrogens is 300 g/mol. The molecule has 0 nitrogen and oxygen atoms in total. The monoisotopic (exact) mass is 330 g/mol. The normalized spacial score (nSPS) is 22.6. The van der Waals surface area contributed by atoms with Gasteiger partial charge in [-0.05, 0) is 53.7 Å². The number of benzene rings is 2. The van der Waals surface area contributed by atoms with Crippen LogP contribution in [0.15, 0.2) is 78.4 Å². The van der Waals surface area contributed by atoms with E-state index >= 15 is 0 Å². The van der Waals surface area contributed by atoms with Crippen molar-refractivity contribution in [2.75, 3.05) is 0 Å². The van der Waals surface area contributed by atoms with E-state index in [9.17, 15) is 0 Å². The molecule has 1 aliphatic rings. The van der Waals surface area contributed by atoms with E-state index < -0.39 is 0 Å². The average molecular weight is 331 g/mol. The van der Waals surface area contributed by atoms with Crippen molar-refractivity contribution in [2.24, 2.45) is 17.3 Å². The van der Waals surface area contributed by atoms with Crippen LogP contribution in [0.4, 0.5) is 0 Å². The summed E-state index contributed by atoms with van der Waals surface area (Å²) in [6.07, 6.45) is 7.34. The van der Waals surface area contributed by atoms with Crippen LogP contribution < -0.4 is 0 Å². The molecule has 0 bridgehead atoms. The van der Waals surface area contributed by atoms with Crippen molar-refractivity contribution in [1.82, 2.24) is 0 Å². The van der Waals surface area contributed by atoms with E-state index in [1.807, 2.05) is 0 Å². The lowest BCUT2D eigenvalue weighted by Crippen LogP contribution is -2.24. The Morgan fingerprint density at radius 2 is 1.36 bits per heavy atom. The van der Waals surface area contributed by atoms with Gasteiger partial charge in [-0.2, -0.15) is 0 Å². The molecule has 0 heterocycles. The van der Waals surface area contributed by atoms with E-state index in [1.165, 1.54) is 35.1 Å². The van der Waals surface area contributed by atoms with Gasteiger partial charge >= 0.3 is 0 Å². The van der Waals surface area contributed by atoms with E-state index in [4.69, 9.17) is 0 Å². The Morgan fingerprint density at radius 3 is 1.80 bits per heavy atom. The maximum Gasteiger partial charge on any atom is -0.0111 e. The first kappa shape index (κ1) is 17.7. The van der Waals surface area contributed by atoms with Crippen LogP contribution >= 0.6 is 0 Å². The summed E-state index contributed by atoms with van der Waals surface area (Å²) in [5.41, 5.74) is 5.75. The number of hydrogen-bond acceptors (Lipinski definition) is 0. The third-order valence-corrected chi connectivity index (χ3v) is 6.29. The molecule has 1 aliphatic carbocycles. The van der Waals surface area contributed by atoms with Gasteiger partial charge in [0.1, 0.15) is 0 Å². The van der Waals surface area contributed by atoms with Crippen molar-refractivity contribution in [3.05, 3.63) is 89.5 Å². The fourth-order valence-electron chi connectivity index (χ4n) is 4.24. The van der Waals surface area contributed by atoms with Gasteiger partial charge in [-0.3, -0.25) is 0 Å². The van der Waals surface area contributed by atoms with Crippen LogP contribution in [0.3, 0.4) is 0 Å². The van der Waals surface area contributed by atoms with E-state index in [0.717, 1.165) is 5.92 Å². The minimum atomic E-state index is 0.397. The fourth-order valence-corrected chi connectivity index (χ4v) is 4.24. The molecule has 25 heavy (non-hydrogen) atoms. The smallest absolute Gasteiger partial charge is 0.0111 e. The molecule has 0 saturated heterocycles. The summed E-state index contributed by atoms with van der Waals surface area (Å²) in [6, 6.07) is 21.4. The topological polar surface area (TPSA) is 0 Å². The maximum atomic E-state index is 2.44. The molecule has 2 aromatic carbocycles. The average Bonchev–Trinajstić information content (AvgIpc) is 2.90. The Kier molecular flexibility index (Phi) is 5.27. The minimum absolute atomic E-state index is 0.397. The van der Waals surface area contributed by atoms with E-state index in [1.54, 1.807) is 0 Å². The zero-order valence-electron chi connectivity index (χ0n) is 16.0. The van der Waals surface area contributed by atoms with Gasteiger partial charge in [-0.1, -0.05) is 99.2 Å². The van der Waals surface area contributed by atoms with Crippen molar-refractivity contribution >= 4 is 5.57 Å². The summed E-state index contributed by atoms with van der Waals surface area (Å²) in [5, 5.41) is 0. The van der Waals surface area contributed by atoms with Gasteiger partial charge in [0, 0.05) is 0 Å². The molecule has 0 N–H and O–H groups in total. The van der Waals surface area contributed by atoms with Gasteiger partial charge in [0.2, 0.25) is 0 Å². The highest BCUT2D eigenvalue weighted by Crippen LogP contribution is 2.50. The SMILES string of the molecule is C/C(=C\C=C(c1ccccc1)c1ccccc1)[C@H]1CC[C@@H](C)C1(C)C. The highest BCUT2D eigenvalue weighted by molar-refractivity contribution is 5.80. The highest BCUT2D eigenvalue weighted by atomic mass is 14.5. The Hall–Kier alpha value is -2.08. The van der Waals surface area contributed by atoms with E-state index in [0.29, 0.717) is 11.3 Å². The van der Waals surface area contributed by atoms with Crippen LogP contribution in [0.2, 0.25) is 0 Å². The molecule has 0 radical (unpaired) electrons. The molecule has 0 unspecified atom stereocenters. The van der Waals surface area contributed by atoms with Crippen LogP contribution in [0.5, 0.6) is 0 Å². The third kappa shape index (κ3) is 3.79. The van der Waals surface area contributed by atoms with Crippen molar-refractivity contribution < 1.29 is 0 Å². The molecule has 0 aromatic heterocycles. The molecule has 3 rings (SSSR count). The number of allylic oxidation sites excluding steroid dienone is 3. The second-order valence-electron chi connectivity index (χ2n) is 8.08. The van der Waals surface area contributed by atoms with Gasteiger partial charge in [-0.15, -0.1) is 0 Å². The summed E-state index contributed by atoms with van der Waals surface area (Å²) in [4.78, 5) is 0. The Morgan fingerprint density at radius 1 is 0.840 bits per heavy atom. The summed E-state index contributed by atoms with van der Waals surface area (Å²) in [7, 11) is 0. The summed E-state index contributed by atoms with van der Waals surface area (Å²) < 4.78 is 0. The minimum Gasteiger partial charge on any atom is -0.0697 e. The van der Waals surface area contributed by atoms with Crippen molar-refractivity contribution in [1.29, 1.82) is 0 Å². The van der Waals surface area contributed by atoms with Gasteiger partial charge in [0.15, 0.2) is 0 Å². The number of hydrogen-bond donors (Lipinski definition) is 0. The molecular formula is C25H30. The Bertz CT molecular complexity index is 706. The van der Waals surface area contributed by atoms with Gasteiger partial charge in [0.25, 0.3) is 0 Å². The second kappa shape index (κ2) is 7.44. The summed E-state index contributed by atoms with van der Waals surface area (Å²) in [5.74, 6) is 1.49. The predicted molar refractivity (Wildman–Crippen MR) is 109 cm³/mol. The first-order valence-corrected chi connectivity index (χ1v) is 9.49. The molecule has 0 heteroatoms. The van der Waals surface area contributed by atoms with Crippen LogP contribution in [-0.4, -0.2) is 0 Å². The standard InChI is InChI=1S/C25H30/c1-19(24-18-16-20(2)25(24,3)4)15-17-23(21-11-7-5-8-12-21)22-13-9-6-10-14-22/h5-15,17,20,24H,16,18H2,1-4H3/b19-15+/t20-,24-/m1/s1. The molecule has 2 atom stereocenters. The lowest BCUT2D eigenvalue weighted by molar-refractivity contribution is 0.224. The molecule has 1 saturated carbocycles. The maximum absolute atomic E-state index is 2.44. The van der Waals surface area contributed by atoms with E-state index in [2.05, 4.69) is 101 Å². The molecule has 2 aromatic rings. The molecule has 0 spiro atoms. The largest absolute Gasteiger partial charge is 0.0697 e. The quantitative estimate of drug-likeness (QED) is 0.523. The van der Waals surface area contributed by atoms with Gasteiger partial charge in [-0.25, -0.2) is 0 Å². The Labute approximate surface area is 153 Å². The summed E-state index contributed by atoms with van der Waals surface area (Å²) in [6.45, 7) is 9.59.